The third kappa shape index (κ3) is 2.82. The third-order valence-corrected chi connectivity index (χ3v) is 4.63. The Labute approximate surface area is 126 Å². The maximum atomic E-state index is 13.6. The van der Waals surface area contributed by atoms with Gasteiger partial charge < -0.3 is 5.32 Å². The molecule has 0 aliphatic heterocycles. The lowest BCUT2D eigenvalue weighted by atomic mass is 10.0. The zero-order valence-electron chi connectivity index (χ0n) is 11.8. The summed E-state index contributed by atoms with van der Waals surface area (Å²) in [5.74, 6) is -0.476. The van der Waals surface area contributed by atoms with E-state index in [4.69, 9.17) is 0 Å². The summed E-state index contributed by atoms with van der Waals surface area (Å²) in [5, 5.41) is 4.22. The van der Waals surface area contributed by atoms with Crippen LogP contribution in [0.4, 0.5) is 8.78 Å². The first-order valence-corrected chi connectivity index (χ1v) is 7.52. The molecule has 1 N–H and O–H groups in total. The molecule has 1 unspecified atom stereocenters. The Hall–Kier alpha value is -1.78. The van der Waals surface area contributed by atoms with Gasteiger partial charge in [-0.05, 0) is 60.8 Å². The molecule has 21 heavy (non-hydrogen) atoms. The van der Waals surface area contributed by atoms with Crippen molar-refractivity contribution >= 4 is 21.4 Å². The van der Waals surface area contributed by atoms with Crippen molar-refractivity contribution in [2.75, 3.05) is 7.05 Å². The monoisotopic (exact) mass is 303 g/mol. The van der Waals surface area contributed by atoms with Crippen LogP contribution in [0.2, 0.25) is 0 Å². The van der Waals surface area contributed by atoms with Crippen LogP contribution in [-0.2, 0) is 0 Å². The maximum Gasteiger partial charge on any atom is 0.124 e. The summed E-state index contributed by atoms with van der Waals surface area (Å²) < 4.78 is 27.8. The summed E-state index contributed by atoms with van der Waals surface area (Å²) in [7, 11) is 1.84. The van der Waals surface area contributed by atoms with Crippen LogP contribution in [0, 0.1) is 18.6 Å². The van der Waals surface area contributed by atoms with E-state index in [1.54, 1.807) is 12.1 Å². The van der Waals surface area contributed by atoms with E-state index in [2.05, 4.69) is 5.32 Å². The highest BCUT2D eigenvalue weighted by Crippen LogP contribution is 2.33. The second-order valence-electron chi connectivity index (χ2n) is 5.11. The Morgan fingerprint density at radius 3 is 2.52 bits per heavy atom. The molecule has 2 aromatic carbocycles. The van der Waals surface area contributed by atoms with Gasteiger partial charge in [0.15, 0.2) is 0 Å². The average molecular weight is 303 g/mol. The molecule has 3 aromatic rings. The zero-order chi connectivity index (χ0) is 15.0. The van der Waals surface area contributed by atoms with Gasteiger partial charge in [0.05, 0.1) is 6.04 Å². The second-order valence-corrected chi connectivity index (χ2v) is 6.23. The fourth-order valence-electron chi connectivity index (χ4n) is 2.57. The van der Waals surface area contributed by atoms with Crippen molar-refractivity contribution in [3.05, 3.63) is 70.1 Å². The number of nitrogens with one attached hydrogen (secondary N) is 1. The van der Waals surface area contributed by atoms with Gasteiger partial charge in [-0.3, -0.25) is 0 Å². The van der Waals surface area contributed by atoms with Gasteiger partial charge in [0.25, 0.3) is 0 Å². The van der Waals surface area contributed by atoms with E-state index in [1.165, 1.54) is 29.5 Å². The molecule has 0 saturated carbocycles. The average Bonchev–Trinajstić information content (AvgIpc) is 2.81. The summed E-state index contributed by atoms with van der Waals surface area (Å²) in [6.45, 7) is 1.87. The molecule has 0 amide bonds. The summed E-state index contributed by atoms with van der Waals surface area (Å²) >= 11 is 1.53. The first kappa shape index (κ1) is 14.2. The lowest BCUT2D eigenvalue weighted by Gasteiger charge is -2.15. The number of rotatable bonds is 3. The minimum atomic E-state index is -0.239. The predicted molar refractivity (Wildman–Crippen MR) is 83.8 cm³/mol. The largest absolute Gasteiger partial charge is 0.309 e. The number of fused-ring (bicyclic) bond motifs is 1. The van der Waals surface area contributed by atoms with E-state index in [-0.39, 0.29) is 17.7 Å². The minimum Gasteiger partial charge on any atom is -0.309 e. The fraction of sp³-hybridized carbons (Fsp3) is 0.176. The zero-order valence-corrected chi connectivity index (χ0v) is 12.6. The van der Waals surface area contributed by atoms with Crippen molar-refractivity contribution in [2.24, 2.45) is 0 Å². The van der Waals surface area contributed by atoms with Crippen LogP contribution in [0.3, 0.4) is 0 Å². The van der Waals surface area contributed by atoms with Crippen LogP contribution in [0.1, 0.15) is 22.0 Å². The van der Waals surface area contributed by atoms with Crippen molar-refractivity contribution in [2.45, 2.75) is 13.0 Å². The van der Waals surface area contributed by atoms with Gasteiger partial charge in [-0.1, -0.05) is 12.1 Å². The van der Waals surface area contributed by atoms with E-state index in [9.17, 15) is 8.78 Å². The van der Waals surface area contributed by atoms with Crippen LogP contribution in [0.5, 0.6) is 0 Å². The third-order valence-electron chi connectivity index (χ3n) is 3.47. The molecule has 0 radical (unpaired) electrons. The summed E-state index contributed by atoms with van der Waals surface area (Å²) in [4.78, 5) is 1.04. The first-order valence-electron chi connectivity index (χ1n) is 6.70. The Kier molecular flexibility index (Phi) is 3.74. The number of hydrogen-bond donors (Lipinski definition) is 1. The van der Waals surface area contributed by atoms with Gasteiger partial charge in [-0.15, -0.1) is 11.3 Å². The van der Waals surface area contributed by atoms with E-state index in [0.29, 0.717) is 0 Å². The lowest BCUT2D eigenvalue weighted by Crippen LogP contribution is -2.16. The number of hydrogen-bond acceptors (Lipinski definition) is 2. The molecule has 0 spiro atoms. The van der Waals surface area contributed by atoms with Gasteiger partial charge >= 0.3 is 0 Å². The van der Waals surface area contributed by atoms with Crippen molar-refractivity contribution in [3.8, 4) is 0 Å². The highest BCUT2D eigenvalue weighted by atomic mass is 32.1. The quantitative estimate of drug-likeness (QED) is 0.733. The predicted octanol–water partition coefficient (Wildman–Crippen LogP) is 4.80. The summed E-state index contributed by atoms with van der Waals surface area (Å²) in [6.07, 6.45) is 0. The smallest absolute Gasteiger partial charge is 0.124 e. The molecular weight excluding hydrogens is 288 g/mol. The minimum absolute atomic E-state index is 0.0974. The van der Waals surface area contributed by atoms with Crippen molar-refractivity contribution in [3.63, 3.8) is 0 Å². The van der Waals surface area contributed by atoms with Crippen LogP contribution in [-0.4, -0.2) is 7.05 Å². The molecule has 0 bridgehead atoms. The van der Waals surface area contributed by atoms with E-state index in [1.807, 2.05) is 26.1 Å². The molecule has 0 aliphatic carbocycles. The summed E-state index contributed by atoms with van der Waals surface area (Å²) in [6, 6.07) is 11.7. The topological polar surface area (TPSA) is 12.0 Å². The van der Waals surface area contributed by atoms with Gasteiger partial charge in [0.1, 0.15) is 11.6 Å². The molecule has 1 heterocycles. The maximum absolute atomic E-state index is 13.6. The van der Waals surface area contributed by atoms with Crippen LogP contribution in [0.15, 0.2) is 42.5 Å². The number of thiophene rings is 1. The lowest BCUT2D eigenvalue weighted by molar-refractivity contribution is 0.616. The van der Waals surface area contributed by atoms with Crippen molar-refractivity contribution in [1.82, 2.24) is 5.32 Å². The second kappa shape index (κ2) is 5.54. The van der Waals surface area contributed by atoms with Crippen LogP contribution >= 0.6 is 11.3 Å². The molecule has 3 rings (SSSR count). The van der Waals surface area contributed by atoms with E-state index >= 15 is 0 Å². The highest BCUT2D eigenvalue weighted by Gasteiger charge is 2.16. The Bertz CT molecular complexity index is 774. The Morgan fingerprint density at radius 2 is 1.81 bits per heavy atom. The Balaban J connectivity index is 2.08. The van der Waals surface area contributed by atoms with E-state index in [0.717, 1.165) is 26.1 Å². The molecule has 0 fully saturated rings. The Morgan fingerprint density at radius 1 is 1.00 bits per heavy atom. The first-order chi connectivity index (χ1) is 10.1. The molecule has 108 valence electrons. The standard InChI is InChI=1S/C17H15F2NS/c1-10-5-12(7-14(19)6-10)17(20-2)16-8-11-3-4-13(18)9-15(11)21-16/h3-9,17,20H,1-2H3. The number of halogens is 2. The molecule has 0 aliphatic rings. The normalized spacial score (nSPS) is 12.8. The summed E-state index contributed by atoms with van der Waals surface area (Å²) in [5.41, 5.74) is 1.76. The van der Waals surface area contributed by atoms with Crippen molar-refractivity contribution < 1.29 is 8.78 Å². The highest BCUT2D eigenvalue weighted by molar-refractivity contribution is 7.19. The van der Waals surface area contributed by atoms with Crippen molar-refractivity contribution in [1.29, 1.82) is 0 Å². The van der Waals surface area contributed by atoms with Crippen LogP contribution < -0.4 is 5.32 Å². The molecule has 1 nitrogen and oxygen atoms in total. The van der Waals surface area contributed by atoms with Gasteiger partial charge in [0, 0.05) is 9.58 Å². The molecule has 0 saturated heterocycles. The van der Waals surface area contributed by atoms with Crippen LogP contribution in [0.25, 0.3) is 10.1 Å². The molecular formula is C17H15F2NS. The SMILES string of the molecule is CNC(c1cc(C)cc(F)c1)c1cc2ccc(F)cc2s1. The van der Waals surface area contributed by atoms with Gasteiger partial charge in [-0.2, -0.15) is 0 Å². The molecule has 1 atom stereocenters. The fourth-order valence-corrected chi connectivity index (χ4v) is 3.80. The van der Waals surface area contributed by atoms with Gasteiger partial charge in [0.2, 0.25) is 0 Å². The van der Waals surface area contributed by atoms with E-state index < -0.39 is 0 Å². The van der Waals surface area contributed by atoms with Gasteiger partial charge in [-0.25, -0.2) is 8.78 Å². The molecule has 1 aromatic heterocycles. The number of benzene rings is 2. The number of aryl methyl sites for hydroxylation is 1. The molecule has 4 heteroatoms.